The van der Waals surface area contributed by atoms with Crippen LogP contribution in [0, 0.1) is 5.82 Å². The molecule has 98 valence electrons. The topological polar surface area (TPSA) is 50.4 Å². The average molecular weight is 273 g/mol. The van der Waals surface area contributed by atoms with Crippen LogP contribution >= 0.6 is 11.6 Å². The van der Waals surface area contributed by atoms with Gasteiger partial charge in [0.25, 0.3) is 5.91 Å². The molecule has 1 aliphatic heterocycles. The van der Waals surface area contributed by atoms with E-state index in [4.69, 9.17) is 16.3 Å². The predicted octanol–water partition coefficient (Wildman–Crippen LogP) is 1.20. The van der Waals surface area contributed by atoms with Gasteiger partial charge in [-0.15, -0.1) is 0 Å². The first kappa shape index (κ1) is 13.3. The maximum absolute atomic E-state index is 13.5. The van der Waals surface area contributed by atoms with Gasteiger partial charge in [-0.25, -0.2) is 4.39 Å². The number of nitrogens with one attached hydrogen (secondary N) is 2. The van der Waals surface area contributed by atoms with Gasteiger partial charge in [-0.2, -0.15) is 0 Å². The van der Waals surface area contributed by atoms with Gasteiger partial charge in [0, 0.05) is 25.2 Å². The van der Waals surface area contributed by atoms with Crippen molar-refractivity contribution in [3.05, 3.63) is 34.6 Å². The SMILES string of the molecule is CO[C@@H]1CNCC1NC(=O)c1cc(Cl)ccc1F. The molecule has 0 aliphatic carbocycles. The van der Waals surface area contributed by atoms with E-state index in [0.717, 1.165) is 0 Å². The molecular weight excluding hydrogens is 259 g/mol. The summed E-state index contributed by atoms with van der Waals surface area (Å²) in [6.07, 6.45) is -0.101. The average Bonchev–Trinajstić information content (AvgIpc) is 2.79. The van der Waals surface area contributed by atoms with Crippen molar-refractivity contribution in [1.82, 2.24) is 10.6 Å². The van der Waals surface area contributed by atoms with Crippen LogP contribution in [0.1, 0.15) is 10.4 Å². The molecule has 0 aromatic heterocycles. The van der Waals surface area contributed by atoms with E-state index in [1.165, 1.54) is 18.2 Å². The summed E-state index contributed by atoms with van der Waals surface area (Å²) in [6, 6.07) is 3.73. The molecule has 1 heterocycles. The molecule has 18 heavy (non-hydrogen) atoms. The maximum atomic E-state index is 13.5. The van der Waals surface area contributed by atoms with Gasteiger partial charge in [-0.1, -0.05) is 11.6 Å². The first-order valence-electron chi connectivity index (χ1n) is 5.61. The van der Waals surface area contributed by atoms with E-state index in [2.05, 4.69) is 10.6 Å². The minimum atomic E-state index is -0.586. The zero-order valence-corrected chi connectivity index (χ0v) is 10.6. The van der Waals surface area contributed by atoms with Crippen molar-refractivity contribution in [2.75, 3.05) is 20.2 Å². The molecule has 2 rings (SSSR count). The number of methoxy groups -OCH3 is 1. The fourth-order valence-electron chi connectivity index (χ4n) is 1.96. The third kappa shape index (κ3) is 2.80. The Morgan fingerprint density at radius 1 is 1.56 bits per heavy atom. The Labute approximate surface area is 109 Å². The van der Waals surface area contributed by atoms with Crippen molar-refractivity contribution in [3.8, 4) is 0 Å². The Morgan fingerprint density at radius 3 is 3.06 bits per heavy atom. The molecule has 6 heteroatoms. The van der Waals surface area contributed by atoms with Crippen LogP contribution in [-0.4, -0.2) is 38.3 Å². The van der Waals surface area contributed by atoms with Gasteiger partial charge in [-0.3, -0.25) is 4.79 Å². The molecule has 2 atom stereocenters. The van der Waals surface area contributed by atoms with Crippen LogP contribution in [0.2, 0.25) is 5.02 Å². The highest BCUT2D eigenvalue weighted by Gasteiger charge is 2.29. The Morgan fingerprint density at radius 2 is 2.33 bits per heavy atom. The normalized spacial score (nSPS) is 23.1. The van der Waals surface area contributed by atoms with Crippen LogP contribution in [0.5, 0.6) is 0 Å². The molecule has 2 N–H and O–H groups in total. The molecular formula is C12H14ClFN2O2. The molecule has 0 radical (unpaired) electrons. The Kier molecular flexibility index (Phi) is 4.16. The number of halogens is 2. The molecule has 0 saturated carbocycles. The van der Waals surface area contributed by atoms with Crippen LogP contribution in [0.4, 0.5) is 4.39 Å². The number of hydrogen-bond donors (Lipinski definition) is 2. The number of amides is 1. The second-order valence-electron chi connectivity index (χ2n) is 4.14. The van der Waals surface area contributed by atoms with Crippen molar-refractivity contribution >= 4 is 17.5 Å². The summed E-state index contributed by atoms with van der Waals surface area (Å²) in [5.74, 6) is -1.07. The lowest BCUT2D eigenvalue weighted by molar-refractivity contribution is 0.0777. The fraction of sp³-hybridized carbons (Fsp3) is 0.417. The Bertz CT molecular complexity index is 456. The summed E-state index contributed by atoms with van der Waals surface area (Å²) in [5.41, 5.74) is -0.0516. The highest BCUT2D eigenvalue weighted by molar-refractivity contribution is 6.31. The maximum Gasteiger partial charge on any atom is 0.254 e. The monoisotopic (exact) mass is 272 g/mol. The van der Waals surface area contributed by atoms with Gasteiger partial charge in [0.2, 0.25) is 0 Å². The quantitative estimate of drug-likeness (QED) is 0.869. The summed E-state index contributed by atoms with van der Waals surface area (Å²) in [4.78, 5) is 11.9. The van der Waals surface area contributed by atoms with Gasteiger partial charge in [0.15, 0.2) is 0 Å². The minimum Gasteiger partial charge on any atom is -0.378 e. The van der Waals surface area contributed by atoms with Crippen molar-refractivity contribution in [3.63, 3.8) is 0 Å². The second kappa shape index (κ2) is 5.65. The summed E-state index contributed by atoms with van der Waals surface area (Å²) >= 11 is 5.75. The highest BCUT2D eigenvalue weighted by atomic mass is 35.5. The predicted molar refractivity (Wildman–Crippen MR) is 66.3 cm³/mol. The van der Waals surface area contributed by atoms with Crippen LogP contribution in [0.15, 0.2) is 18.2 Å². The van der Waals surface area contributed by atoms with E-state index in [-0.39, 0.29) is 17.7 Å². The standard InChI is InChI=1S/C12H14ClFN2O2/c1-18-11-6-15-5-10(11)16-12(17)8-4-7(13)2-3-9(8)14/h2-4,10-11,15H,5-6H2,1H3,(H,16,17)/t10?,11-/m1/s1. The van der Waals surface area contributed by atoms with E-state index >= 15 is 0 Å². The van der Waals surface area contributed by atoms with Gasteiger partial charge in [0.05, 0.1) is 17.7 Å². The van der Waals surface area contributed by atoms with Gasteiger partial charge in [-0.05, 0) is 18.2 Å². The molecule has 1 saturated heterocycles. The molecule has 1 aromatic carbocycles. The summed E-state index contributed by atoms with van der Waals surface area (Å²) in [7, 11) is 1.58. The third-order valence-corrected chi connectivity index (χ3v) is 3.19. The molecule has 1 amide bonds. The number of ether oxygens (including phenoxy) is 1. The molecule has 1 unspecified atom stereocenters. The zero-order valence-electron chi connectivity index (χ0n) is 9.87. The fourth-order valence-corrected chi connectivity index (χ4v) is 2.14. The zero-order chi connectivity index (χ0) is 13.1. The minimum absolute atomic E-state index is 0.0516. The number of hydrogen-bond acceptors (Lipinski definition) is 3. The van der Waals surface area contributed by atoms with Crippen molar-refractivity contribution in [1.29, 1.82) is 0 Å². The van der Waals surface area contributed by atoms with Crippen LogP contribution < -0.4 is 10.6 Å². The van der Waals surface area contributed by atoms with Gasteiger partial charge >= 0.3 is 0 Å². The molecule has 0 bridgehead atoms. The van der Waals surface area contributed by atoms with Gasteiger partial charge in [0.1, 0.15) is 5.82 Å². The third-order valence-electron chi connectivity index (χ3n) is 2.95. The Hall–Kier alpha value is -1.17. The van der Waals surface area contributed by atoms with E-state index < -0.39 is 11.7 Å². The van der Waals surface area contributed by atoms with Crippen molar-refractivity contribution in [2.45, 2.75) is 12.1 Å². The highest BCUT2D eigenvalue weighted by Crippen LogP contribution is 2.15. The summed E-state index contributed by atoms with van der Waals surface area (Å²) < 4.78 is 18.7. The summed E-state index contributed by atoms with van der Waals surface area (Å²) in [5, 5.41) is 6.16. The Balaban J connectivity index is 2.09. The molecule has 0 spiro atoms. The van der Waals surface area contributed by atoms with E-state index in [1.807, 2.05) is 0 Å². The van der Waals surface area contributed by atoms with E-state index in [9.17, 15) is 9.18 Å². The molecule has 1 fully saturated rings. The number of carbonyl (C=O) groups excluding carboxylic acids is 1. The first-order chi connectivity index (χ1) is 8.61. The lowest BCUT2D eigenvalue weighted by Gasteiger charge is -2.18. The van der Waals surface area contributed by atoms with Crippen molar-refractivity contribution in [2.24, 2.45) is 0 Å². The number of benzene rings is 1. The van der Waals surface area contributed by atoms with Crippen LogP contribution in [-0.2, 0) is 4.74 Å². The van der Waals surface area contributed by atoms with E-state index in [1.54, 1.807) is 7.11 Å². The second-order valence-corrected chi connectivity index (χ2v) is 4.57. The number of rotatable bonds is 3. The lowest BCUT2D eigenvalue weighted by Crippen LogP contribution is -2.43. The largest absolute Gasteiger partial charge is 0.378 e. The molecule has 1 aliphatic rings. The summed E-state index contributed by atoms with van der Waals surface area (Å²) in [6.45, 7) is 1.27. The van der Waals surface area contributed by atoms with Crippen LogP contribution in [0.3, 0.4) is 0 Å². The number of carbonyl (C=O) groups is 1. The first-order valence-corrected chi connectivity index (χ1v) is 5.99. The van der Waals surface area contributed by atoms with Crippen molar-refractivity contribution < 1.29 is 13.9 Å². The smallest absolute Gasteiger partial charge is 0.254 e. The lowest BCUT2D eigenvalue weighted by atomic mass is 10.1. The van der Waals surface area contributed by atoms with E-state index in [0.29, 0.717) is 18.1 Å². The molecule has 4 nitrogen and oxygen atoms in total. The van der Waals surface area contributed by atoms with Gasteiger partial charge < -0.3 is 15.4 Å². The molecule has 1 aromatic rings. The van der Waals surface area contributed by atoms with Crippen LogP contribution in [0.25, 0.3) is 0 Å².